The summed E-state index contributed by atoms with van der Waals surface area (Å²) in [5.41, 5.74) is 0.835. The van der Waals surface area contributed by atoms with Crippen molar-refractivity contribution in [1.29, 1.82) is 0 Å². The van der Waals surface area contributed by atoms with Crippen LogP contribution in [0.3, 0.4) is 0 Å². The molecule has 0 aromatic carbocycles. The van der Waals surface area contributed by atoms with Gasteiger partial charge in [-0.1, -0.05) is 0 Å². The van der Waals surface area contributed by atoms with E-state index in [-0.39, 0.29) is 0 Å². The van der Waals surface area contributed by atoms with Crippen molar-refractivity contribution >= 4 is 0 Å². The van der Waals surface area contributed by atoms with Gasteiger partial charge in [0.15, 0.2) is 11.7 Å². The molecule has 0 spiro atoms. The van der Waals surface area contributed by atoms with Gasteiger partial charge in [-0.2, -0.15) is 0 Å². The Labute approximate surface area is 99.9 Å². The summed E-state index contributed by atoms with van der Waals surface area (Å²) < 4.78 is 7.55. The van der Waals surface area contributed by atoms with Crippen molar-refractivity contribution in [2.45, 2.75) is 25.3 Å². The summed E-state index contributed by atoms with van der Waals surface area (Å²) in [5, 5.41) is 3.44. The molecule has 5 heteroatoms. The van der Waals surface area contributed by atoms with Crippen molar-refractivity contribution in [3.63, 3.8) is 0 Å². The van der Waals surface area contributed by atoms with Crippen LogP contribution >= 0.6 is 0 Å². The van der Waals surface area contributed by atoms with E-state index in [0.29, 0.717) is 0 Å². The van der Waals surface area contributed by atoms with Crippen molar-refractivity contribution in [1.82, 2.24) is 19.9 Å². The van der Waals surface area contributed by atoms with Crippen molar-refractivity contribution in [3.05, 3.63) is 24.6 Å². The van der Waals surface area contributed by atoms with E-state index in [1.165, 1.54) is 12.8 Å². The highest BCUT2D eigenvalue weighted by atomic mass is 16.4. The van der Waals surface area contributed by atoms with Crippen molar-refractivity contribution in [3.8, 4) is 11.5 Å². The van der Waals surface area contributed by atoms with Gasteiger partial charge < -0.3 is 14.3 Å². The summed E-state index contributed by atoms with van der Waals surface area (Å²) in [5.74, 6) is 1.52. The molecule has 1 fully saturated rings. The third-order valence-electron chi connectivity index (χ3n) is 2.86. The second-order valence-electron chi connectivity index (χ2n) is 4.52. The zero-order chi connectivity index (χ0) is 11.7. The van der Waals surface area contributed by atoms with Gasteiger partial charge in [0.25, 0.3) is 0 Å². The van der Waals surface area contributed by atoms with Crippen molar-refractivity contribution in [2.75, 3.05) is 6.54 Å². The molecule has 5 nitrogen and oxygen atoms in total. The predicted molar refractivity (Wildman–Crippen MR) is 63.4 cm³/mol. The summed E-state index contributed by atoms with van der Waals surface area (Å²) >= 11 is 0. The van der Waals surface area contributed by atoms with Crippen LogP contribution in [0.1, 0.15) is 18.7 Å². The van der Waals surface area contributed by atoms with Gasteiger partial charge in [-0.15, -0.1) is 0 Å². The molecular formula is C12H16N4O. The van der Waals surface area contributed by atoms with Gasteiger partial charge in [0.05, 0.1) is 12.5 Å². The Hall–Kier alpha value is -1.62. The largest absolute Gasteiger partial charge is 0.439 e. The van der Waals surface area contributed by atoms with E-state index in [4.69, 9.17) is 4.42 Å². The van der Waals surface area contributed by atoms with Crippen LogP contribution in [0.25, 0.3) is 11.5 Å². The third kappa shape index (κ3) is 2.55. The second kappa shape index (κ2) is 4.33. The van der Waals surface area contributed by atoms with Crippen LogP contribution < -0.4 is 5.32 Å². The average molecular weight is 232 g/mol. The molecule has 2 aromatic rings. The molecule has 0 saturated heterocycles. The first-order chi connectivity index (χ1) is 8.31. The minimum atomic E-state index is 0.736. The summed E-state index contributed by atoms with van der Waals surface area (Å²) in [4.78, 5) is 8.49. The zero-order valence-electron chi connectivity index (χ0n) is 9.89. The minimum Gasteiger partial charge on any atom is -0.439 e. The number of nitrogens with zero attached hydrogens (tertiary/aromatic N) is 3. The number of aromatic nitrogens is 3. The number of hydrogen-bond acceptors (Lipinski definition) is 4. The lowest BCUT2D eigenvalue weighted by atomic mass is 10.4. The molecule has 90 valence electrons. The molecule has 0 aliphatic heterocycles. The number of imidazole rings is 1. The van der Waals surface area contributed by atoms with Gasteiger partial charge in [-0.25, -0.2) is 9.97 Å². The molecule has 0 radical (unpaired) electrons. The molecule has 1 aliphatic carbocycles. The predicted octanol–water partition coefficient (Wildman–Crippen LogP) is 1.37. The maximum Gasteiger partial charge on any atom is 0.196 e. The van der Waals surface area contributed by atoms with E-state index in [2.05, 4.69) is 15.3 Å². The van der Waals surface area contributed by atoms with Gasteiger partial charge in [-0.3, -0.25) is 0 Å². The first kappa shape index (κ1) is 10.5. The molecule has 0 atom stereocenters. The maximum atomic E-state index is 5.66. The molecule has 0 amide bonds. The Kier molecular flexibility index (Phi) is 2.68. The normalized spacial score (nSPS) is 15.4. The average Bonchev–Trinajstić information content (AvgIpc) is 2.85. The van der Waals surface area contributed by atoms with Crippen LogP contribution in [0.2, 0.25) is 0 Å². The Balaban J connectivity index is 1.61. The number of hydrogen-bond donors (Lipinski definition) is 1. The Morgan fingerprint density at radius 3 is 3.06 bits per heavy atom. The van der Waals surface area contributed by atoms with Crippen LogP contribution in [-0.2, 0) is 13.5 Å². The molecule has 17 heavy (non-hydrogen) atoms. The lowest BCUT2D eigenvalue weighted by Gasteiger charge is -1.98. The fourth-order valence-corrected chi connectivity index (χ4v) is 1.75. The fourth-order valence-electron chi connectivity index (χ4n) is 1.75. The molecular weight excluding hydrogens is 216 g/mol. The Morgan fingerprint density at radius 2 is 2.35 bits per heavy atom. The molecule has 3 rings (SSSR count). The number of rotatable bonds is 5. The van der Waals surface area contributed by atoms with Gasteiger partial charge in [0, 0.05) is 32.3 Å². The molecule has 2 aromatic heterocycles. The lowest BCUT2D eigenvalue weighted by Crippen LogP contribution is -2.19. The van der Waals surface area contributed by atoms with Gasteiger partial charge in [0.2, 0.25) is 0 Å². The van der Waals surface area contributed by atoms with E-state index < -0.39 is 0 Å². The van der Waals surface area contributed by atoms with Crippen molar-refractivity contribution in [2.24, 2.45) is 7.05 Å². The van der Waals surface area contributed by atoms with E-state index in [0.717, 1.165) is 36.4 Å². The van der Waals surface area contributed by atoms with Crippen LogP contribution in [0, 0.1) is 0 Å². The topological polar surface area (TPSA) is 55.9 Å². The SMILES string of the molecule is Cn1cnc(-c2cnc(CCNC3CC3)o2)c1. The standard InChI is InChI=1S/C12H16N4O/c1-16-7-10(15-8-16)11-6-14-12(17-11)4-5-13-9-2-3-9/h6-9,13H,2-5H2,1H3. The Morgan fingerprint density at radius 1 is 1.47 bits per heavy atom. The van der Waals surface area contributed by atoms with E-state index in [1.807, 2.05) is 17.8 Å². The molecule has 1 saturated carbocycles. The van der Waals surface area contributed by atoms with E-state index >= 15 is 0 Å². The molecule has 2 heterocycles. The summed E-state index contributed by atoms with van der Waals surface area (Å²) in [7, 11) is 1.94. The highest BCUT2D eigenvalue weighted by Gasteiger charge is 2.20. The van der Waals surface area contributed by atoms with Crippen LogP contribution in [0.5, 0.6) is 0 Å². The van der Waals surface area contributed by atoms with Gasteiger partial charge >= 0.3 is 0 Å². The summed E-state index contributed by atoms with van der Waals surface area (Å²) in [6, 6.07) is 0.736. The quantitative estimate of drug-likeness (QED) is 0.846. The van der Waals surface area contributed by atoms with E-state index in [9.17, 15) is 0 Å². The monoisotopic (exact) mass is 232 g/mol. The lowest BCUT2D eigenvalue weighted by molar-refractivity contribution is 0.493. The highest BCUT2D eigenvalue weighted by molar-refractivity contribution is 5.48. The first-order valence-corrected chi connectivity index (χ1v) is 5.98. The number of aryl methyl sites for hydroxylation is 1. The number of nitrogens with one attached hydrogen (secondary N) is 1. The van der Waals surface area contributed by atoms with Crippen LogP contribution in [0.4, 0.5) is 0 Å². The molecule has 0 unspecified atom stereocenters. The summed E-state index contributed by atoms with van der Waals surface area (Å²) in [6.45, 7) is 0.937. The maximum absolute atomic E-state index is 5.66. The van der Waals surface area contributed by atoms with Gasteiger partial charge in [0.1, 0.15) is 5.69 Å². The van der Waals surface area contributed by atoms with Crippen molar-refractivity contribution < 1.29 is 4.42 Å². The number of oxazole rings is 1. The Bertz CT molecular complexity index is 498. The smallest absolute Gasteiger partial charge is 0.196 e. The molecule has 1 aliphatic rings. The highest BCUT2D eigenvalue weighted by Crippen LogP contribution is 2.19. The fraction of sp³-hybridized carbons (Fsp3) is 0.500. The zero-order valence-corrected chi connectivity index (χ0v) is 9.89. The van der Waals surface area contributed by atoms with Crippen LogP contribution in [0.15, 0.2) is 23.1 Å². The van der Waals surface area contributed by atoms with E-state index in [1.54, 1.807) is 12.5 Å². The molecule has 1 N–H and O–H groups in total. The first-order valence-electron chi connectivity index (χ1n) is 5.98. The van der Waals surface area contributed by atoms with Gasteiger partial charge in [-0.05, 0) is 12.8 Å². The summed E-state index contributed by atoms with van der Waals surface area (Å²) in [6.07, 6.45) is 8.88. The minimum absolute atomic E-state index is 0.736. The second-order valence-corrected chi connectivity index (χ2v) is 4.52. The third-order valence-corrected chi connectivity index (χ3v) is 2.86. The molecule has 0 bridgehead atoms. The van der Waals surface area contributed by atoms with Crippen LogP contribution in [-0.4, -0.2) is 27.1 Å².